The van der Waals surface area contributed by atoms with Crippen LogP contribution in [0.5, 0.6) is 0 Å². The Hall–Kier alpha value is -3.19. The number of nitrogens with one attached hydrogen (secondary N) is 1. The Morgan fingerprint density at radius 1 is 1.14 bits per heavy atom. The predicted molar refractivity (Wildman–Crippen MR) is 110 cm³/mol. The molecule has 1 fully saturated rings. The highest BCUT2D eigenvalue weighted by Gasteiger charge is 2.17. The number of nitrogens with zero attached hydrogens (tertiary/aromatic N) is 3. The number of carbonyl (C=O) groups excluding carboxylic acids is 1. The average Bonchev–Trinajstić information content (AvgIpc) is 3.30. The molecule has 7 heteroatoms. The number of hydrogen-bond donors (Lipinski definition) is 1. The molecule has 2 aromatic heterocycles. The molecule has 1 aliphatic rings. The van der Waals surface area contributed by atoms with Crippen LogP contribution in [-0.2, 0) is 22.4 Å². The van der Waals surface area contributed by atoms with Gasteiger partial charge in [0.1, 0.15) is 12.1 Å². The van der Waals surface area contributed by atoms with Gasteiger partial charge in [-0.15, -0.1) is 0 Å². The zero-order valence-electron chi connectivity index (χ0n) is 16.4. The van der Waals surface area contributed by atoms with Gasteiger partial charge in [0.25, 0.3) is 0 Å². The Labute approximate surface area is 169 Å². The summed E-state index contributed by atoms with van der Waals surface area (Å²) in [5, 5.41) is 3.33. The maximum Gasteiger partial charge on any atom is 0.227 e. The van der Waals surface area contributed by atoms with E-state index in [2.05, 4.69) is 22.2 Å². The van der Waals surface area contributed by atoms with Crippen LogP contribution >= 0.6 is 0 Å². The summed E-state index contributed by atoms with van der Waals surface area (Å²) in [6.07, 6.45) is 4.46. The Morgan fingerprint density at radius 2 is 1.93 bits per heavy atom. The summed E-state index contributed by atoms with van der Waals surface area (Å²) in [4.78, 5) is 23.4. The second-order valence-electron chi connectivity index (χ2n) is 6.93. The molecule has 0 unspecified atom stereocenters. The lowest BCUT2D eigenvalue weighted by Crippen LogP contribution is -2.41. The molecule has 1 saturated heterocycles. The fraction of sp³-hybridized carbons (Fsp3) is 0.318. The first-order valence-corrected chi connectivity index (χ1v) is 9.83. The zero-order chi connectivity index (χ0) is 20.1. The summed E-state index contributed by atoms with van der Waals surface area (Å²) in [6, 6.07) is 11.7. The van der Waals surface area contributed by atoms with Gasteiger partial charge in [-0.05, 0) is 30.2 Å². The van der Waals surface area contributed by atoms with Gasteiger partial charge in [-0.3, -0.25) is 4.79 Å². The van der Waals surface area contributed by atoms with E-state index in [4.69, 9.17) is 9.15 Å². The number of anilines is 2. The summed E-state index contributed by atoms with van der Waals surface area (Å²) in [7, 11) is 0. The molecule has 1 aliphatic heterocycles. The van der Waals surface area contributed by atoms with Crippen LogP contribution < -0.4 is 5.32 Å². The Kier molecular flexibility index (Phi) is 5.86. The molecule has 7 nitrogen and oxygen atoms in total. The second-order valence-corrected chi connectivity index (χ2v) is 6.93. The minimum absolute atomic E-state index is 0.141. The maximum absolute atomic E-state index is 12.4. The fourth-order valence-corrected chi connectivity index (χ4v) is 3.22. The third kappa shape index (κ3) is 4.81. The molecule has 0 atom stereocenters. The standard InChI is InChI=1S/C22H24N4O3/c1-2-18-14-20(25-22(24-18)17-7-10-29-15-17)23-19-5-3-16(4-6-19)13-21(27)26-8-11-28-12-9-26/h3-7,10,14-15H,2,8-9,11-13H2,1H3,(H,23,24,25). The van der Waals surface area contributed by atoms with E-state index in [1.54, 1.807) is 12.5 Å². The van der Waals surface area contributed by atoms with Crippen LogP contribution in [0.1, 0.15) is 18.2 Å². The minimum Gasteiger partial charge on any atom is -0.472 e. The first-order chi connectivity index (χ1) is 14.2. The first-order valence-electron chi connectivity index (χ1n) is 9.83. The smallest absolute Gasteiger partial charge is 0.227 e. The van der Waals surface area contributed by atoms with Crippen molar-refractivity contribution in [3.05, 3.63) is 60.2 Å². The van der Waals surface area contributed by atoms with Crippen LogP contribution in [-0.4, -0.2) is 47.1 Å². The van der Waals surface area contributed by atoms with Crippen molar-refractivity contribution < 1.29 is 13.9 Å². The number of furan rings is 1. The van der Waals surface area contributed by atoms with Gasteiger partial charge in [0.05, 0.1) is 31.5 Å². The van der Waals surface area contributed by atoms with E-state index in [1.807, 2.05) is 41.3 Å². The molecule has 3 aromatic rings. The van der Waals surface area contributed by atoms with Gasteiger partial charge in [-0.1, -0.05) is 19.1 Å². The van der Waals surface area contributed by atoms with E-state index < -0.39 is 0 Å². The number of benzene rings is 1. The molecule has 1 aromatic carbocycles. The van der Waals surface area contributed by atoms with Gasteiger partial charge in [-0.25, -0.2) is 9.97 Å². The molecule has 0 aliphatic carbocycles. The summed E-state index contributed by atoms with van der Waals surface area (Å²) >= 11 is 0. The van der Waals surface area contributed by atoms with Crippen molar-refractivity contribution in [1.82, 2.24) is 14.9 Å². The van der Waals surface area contributed by atoms with Crippen LogP contribution in [0.4, 0.5) is 11.5 Å². The number of morpholine rings is 1. The van der Waals surface area contributed by atoms with Gasteiger partial charge in [-0.2, -0.15) is 0 Å². The number of aryl methyl sites for hydroxylation is 1. The van der Waals surface area contributed by atoms with Crippen LogP contribution in [0.2, 0.25) is 0 Å². The molecule has 150 valence electrons. The van der Waals surface area contributed by atoms with Crippen molar-refractivity contribution in [1.29, 1.82) is 0 Å². The molecular formula is C22H24N4O3. The summed E-state index contributed by atoms with van der Waals surface area (Å²) < 4.78 is 10.5. The van der Waals surface area contributed by atoms with Crippen LogP contribution in [0.3, 0.4) is 0 Å². The lowest BCUT2D eigenvalue weighted by molar-refractivity contribution is -0.134. The Bertz CT molecular complexity index is 949. The number of aromatic nitrogens is 2. The van der Waals surface area contributed by atoms with Gasteiger partial charge in [0, 0.05) is 30.5 Å². The molecule has 0 radical (unpaired) electrons. The first kappa shape index (κ1) is 19.1. The van der Waals surface area contributed by atoms with Crippen LogP contribution in [0.25, 0.3) is 11.4 Å². The molecule has 0 spiro atoms. The van der Waals surface area contributed by atoms with Crippen molar-refractivity contribution in [2.24, 2.45) is 0 Å². The number of ether oxygens (including phenoxy) is 1. The maximum atomic E-state index is 12.4. The van der Waals surface area contributed by atoms with E-state index >= 15 is 0 Å². The van der Waals surface area contributed by atoms with Crippen molar-refractivity contribution in [3.63, 3.8) is 0 Å². The van der Waals surface area contributed by atoms with Crippen molar-refractivity contribution in [3.8, 4) is 11.4 Å². The molecule has 0 saturated carbocycles. The molecule has 1 N–H and O–H groups in total. The number of rotatable bonds is 6. The lowest BCUT2D eigenvalue weighted by Gasteiger charge is -2.26. The Balaban J connectivity index is 1.44. The summed E-state index contributed by atoms with van der Waals surface area (Å²) in [5.74, 6) is 1.50. The number of carbonyl (C=O) groups is 1. The largest absolute Gasteiger partial charge is 0.472 e. The van der Waals surface area contributed by atoms with Gasteiger partial charge in [0.15, 0.2) is 5.82 Å². The zero-order valence-corrected chi connectivity index (χ0v) is 16.4. The predicted octanol–water partition coefficient (Wildman–Crippen LogP) is 3.44. The molecule has 29 heavy (non-hydrogen) atoms. The molecular weight excluding hydrogens is 368 g/mol. The normalized spacial score (nSPS) is 14.0. The average molecular weight is 392 g/mol. The van der Waals surface area contributed by atoms with Crippen LogP contribution in [0.15, 0.2) is 53.3 Å². The number of hydrogen-bond acceptors (Lipinski definition) is 6. The van der Waals surface area contributed by atoms with Crippen molar-refractivity contribution >= 4 is 17.4 Å². The molecule has 1 amide bonds. The Morgan fingerprint density at radius 3 is 2.62 bits per heavy atom. The van der Waals surface area contributed by atoms with Crippen molar-refractivity contribution in [2.45, 2.75) is 19.8 Å². The molecule has 4 rings (SSSR count). The lowest BCUT2D eigenvalue weighted by atomic mass is 10.1. The fourth-order valence-electron chi connectivity index (χ4n) is 3.22. The second kappa shape index (κ2) is 8.87. The molecule has 3 heterocycles. The van der Waals surface area contributed by atoms with E-state index in [1.165, 1.54) is 0 Å². The summed E-state index contributed by atoms with van der Waals surface area (Å²) in [5.41, 5.74) is 3.70. The quantitative estimate of drug-likeness (QED) is 0.692. The van der Waals surface area contributed by atoms with Gasteiger partial charge >= 0.3 is 0 Å². The van der Waals surface area contributed by atoms with Crippen molar-refractivity contribution in [2.75, 3.05) is 31.6 Å². The third-order valence-corrected chi connectivity index (χ3v) is 4.87. The van der Waals surface area contributed by atoms with Gasteiger partial charge < -0.3 is 19.4 Å². The topological polar surface area (TPSA) is 80.5 Å². The minimum atomic E-state index is 0.141. The van der Waals surface area contributed by atoms with E-state index in [-0.39, 0.29) is 5.91 Å². The molecule has 0 bridgehead atoms. The third-order valence-electron chi connectivity index (χ3n) is 4.87. The highest BCUT2D eigenvalue weighted by atomic mass is 16.5. The summed E-state index contributed by atoms with van der Waals surface area (Å²) in [6.45, 7) is 4.64. The van der Waals surface area contributed by atoms with E-state index in [0.717, 1.165) is 34.7 Å². The highest BCUT2D eigenvalue weighted by Crippen LogP contribution is 2.22. The SMILES string of the molecule is CCc1cc(Nc2ccc(CC(=O)N3CCOCC3)cc2)nc(-c2ccoc2)n1. The van der Waals surface area contributed by atoms with Crippen LogP contribution in [0, 0.1) is 0 Å². The highest BCUT2D eigenvalue weighted by molar-refractivity contribution is 5.79. The van der Waals surface area contributed by atoms with E-state index in [0.29, 0.717) is 38.5 Å². The monoisotopic (exact) mass is 392 g/mol. The number of amides is 1. The van der Waals surface area contributed by atoms with E-state index in [9.17, 15) is 4.79 Å². The van der Waals surface area contributed by atoms with Gasteiger partial charge in [0.2, 0.25) is 5.91 Å².